The standard InChI is InChI=1S/C15H22N2O3/c1-20-14-10-11(6-7-13(14)16)15(19)17-8-2-4-12(17)5-3-9-18/h6-7,10,12,18H,2-5,8-9,16H2,1H3. The van der Waals surface area contributed by atoms with Crippen molar-refractivity contribution < 1.29 is 14.6 Å². The van der Waals surface area contributed by atoms with Crippen molar-refractivity contribution in [1.29, 1.82) is 0 Å². The van der Waals surface area contributed by atoms with Crippen molar-refractivity contribution in [3.8, 4) is 5.75 Å². The van der Waals surface area contributed by atoms with Crippen LogP contribution < -0.4 is 10.5 Å². The van der Waals surface area contributed by atoms with Crippen molar-refractivity contribution in [2.24, 2.45) is 0 Å². The Morgan fingerprint density at radius 1 is 1.55 bits per heavy atom. The van der Waals surface area contributed by atoms with Crippen LogP contribution in [0, 0.1) is 0 Å². The maximum absolute atomic E-state index is 12.6. The summed E-state index contributed by atoms with van der Waals surface area (Å²) in [5.41, 5.74) is 6.90. The third-order valence-electron chi connectivity index (χ3n) is 3.81. The summed E-state index contributed by atoms with van der Waals surface area (Å²) in [6.07, 6.45) is 3.62. The number of hydrogen-bond donors (Lipinski definition) is 2. The van der Waals surface area contributed by atoms with Gasteiger partial charge in [-0.25, -0.2) is 0 Å². The Bertz CT molecular complexity index is 476. The van der Waals surface area contributed by atoms with E-state index in [9.17, 15) is 4.79 Å². The van der Waals surface area contributed by atoms with Gasteiger partial charge in [0.05, 0.1) is 12.8 Å². The number of nitrogen functional groups attached to an aromatic ring is 1. The molecule has 1 fully saturated rings. The lowest BCUT2D eigenvalue weighted by molar-refractivity contribution is 0.0724. The number of likely N-dealkylation sites (tertiary alicyclic amines) is 1. The third-order valence-corrected chi connectivity index (χ3v) is 3.81. The topological polar surface area (TPSA) is 75.8 Å². The van der Waals surface area contributed by atoms with Crippen LogP contribution in [0.2, 0.25) is 0 Å². The highest BCUT2D eigenvalue weighted by Gasteiger charge is 2.29. The van der Waals surface area contributed by atoms with E-state index in [2.05, 4.69) is 0 Å². The van der Waals surface area contributed by atoms with Gasteiger partial charge in [-0.05, 0) is 43.9 Å². The summed E-state index contributed by atoms with van der Waals surface area (Å²) in [5.74, 6) is 0.547. The van der Waals surface area contributed by atoms with Crippen LogP contribution in [0.1, 0.15) is 36.0 Å². The molecule has 20 heavy (non-hydrogen) atoms. The van der Waals surface area contributed by atoms with E-state index in [1.165, 1.54) is 0 Å². The van der Waals surface area contributed by atoms with E-state index in [1.807, 2.05) is 4.90 Å². The van der Waals surface area contributed by atoms with Crippen LogP contribution >= 0.6 is 0 Å². The molecular weight excluding hydrogens is 256 g/mol. The Kier molecular flexibility index (Phi) is 4.84. The first kappa shape index (κ1) is 14.7. The summed E-state index contributed by atoms with van der Waals surface area (Å²) < 4.78 is 5.16. The molecule has 1 atom stereocenters. The monoisotopic (exact) mass is 278 g/mol. The Hall–Kier alpha value is -1.75. The molecule has 1 aliphatic heterocycles. The molecule has 1 heterocycles. The summed E-state index contributed by atoms with van der Waals surface area (Å²) in [4.78, 5) is 14.5. The fraction of sp³-hybridized carbons (Fsp3) is 0.533. The average molecular weight is 278 g/mol. The van der Waals surface area contributed by atoms with Crippen molar-refractivity contribution in [1.82, 2.24) is 4.90 Å². The second-order valence-electron chi connectivity index (χ2n) is 5.12. The highest BCUT2D eigenvalue weighted by atomic mass is 16.5. The molecule has 0 aromatic heterocycles. The number of anilines is 1. The molecule has 1 saturated heterocycles. The van der Waals surface area contributed by atoms with Gasteiger partial charge in [0.1, 0.15) is 5.75 Å². The molecule has 0 radical (unpaired) electrons. The van der Waals surface area contributed by atoms with E-state index in [1.54, 1.807) is 25.3 Å². The third kappa shape index (κ3) is 3.04. The zero-order valence-corrected chi connectivity index (χ0v) is 11.8. The molecule has 0 bridgehead atoms. The summed E-state index contributed by atoms with van der Waals surface area (Å²) in [6.45, 7) is 0.954. The predicted octanol–water partition coefficient (Wildman–Crippen LogP) is 1.65. The molecule has 2 rings (SSSR count). The van der Waals surface area contributed by atoms with Gasteiger partial charge in [0, 0.05) is 24.8 Å². The molecule has 5 nitrogen and oxygen atoms in total. The van der Waals surface area contributed by atoms with E-state index in [0.29, 0.717) is 17.0 Å². The van der Waals surface area contributed by atoms with E-state index in [0.717, 1.165) is 32.2 Å². The van der Waals surface area contributed by atoms with Gasteiger partial charge >= 0.3 is 0 Å². The number of carbonyl (C=O) groups excluding carboxylic acids is 1. The molecule has 110 valence electrons. The molecule has 1 unspecified atom stereocenters. The minimum atomic E-state index is 0.0174. The number of ether oxygens (including phenoxy) is 1. The predicted molar refractivity (Wildman–Crippen MR) is 77.8 cm³/mol. The molecule has 0 aliphatic carbocycles. The minimum Gasteiger partial charge on any atom is -0.495 e. The van der Waals surface area contributed by atoms with E-state index in [4.69, 9.17) is 15.6 Å². The largest absolute Gasteiger partial charge is 0.495 e. The van der Waals surface area contributed by atoms with Crippen LogP contribution in [-0.4, -0.2) is 42.2 Å². The molecule has 0 saturated carbocycles. The second-order valence-corrected chi connectivity index (χ2v) is 5.12. The van der Waals surface area contributed by atoms with Crippen LogP contribution in [0.25, 0.3) is 0 Å². The van der Waals surface area contributed by atoms with Gasteiger partial charge in [-0.2, -0.15) is 0 Å². The van der Waals surface area contributed by atoms with Crippen LogP contribution in [0.4, 0.5) is 5.69 Å². The van der Waals surface area contributed by atoms with Crippen molar-refractivity contribution >= 4 is 11.6 Å². The fourth-order valence-electron chi connectivity index (χ4n) is 2.74. The van der Waals surface area contributed by atoms with Crippen molar-refractivity contribution in [3.05, 3.63) is 23.8 Å². The number of benzene rings is 1. The Morgan fingerprint density at radius 3 is 3.05 bits per heavy atom. The van der Waals surface area contributed by atoms with E-state index < -0.39 is 0 Å². The molecule has 1 amide bonds. The highest BCUT2D eigenvalue weighted by molar-refractivity contribution is 5.95. The first-order chi connectivity index (χ1) is 9.67. The van der Waals surface area contributed by atoms with E-state index >= 15 is 0 Å². The van der Waals surface area contributed by atoms with Crippen molar-refractivity contribution in [2.75, 3.05) is 26.0 Å². The molecule has 3 N–H and O–H groups in total. The first-order valence-electron chi connectivity index (χ1n) is 7.02. The average Bonchev–Trinajstić information content (AvgIpc) is 2.93. The minimum absolute atomic E-state index is 0.0174. The van der Waals surface area contributed by atoms with E-state index in [-0.39, 0.29) is 18.6 Å². The first-order valence-corrected chi connectivity index (χ1v) is 7.02. The van der Waals surface area contributed by atoms with Gasteiger partial charge in [-0.15, -0.1) is 0 Å². The number of hydrogen-bond acceptors (Lipinski definition) is 4. The number of carbonyl (C=O) groups is 1. The van der Waals surface area contributed by atoms with Crippen LogP contribution in [0.3, 0.4) is 0 Å². The molecule has 1 aliphatic rings. The molecule has 5 heteroatoms. The lowest BCUT2D eigenvalue weighted by Gasteiger charge is -2.25. The molecule has 0 spiro atoms. The van der Waals surface area contributed by atoms with Crippen molar-refractivity contribution in [3.63, 3.8) is 0 Å². The molecule has 1 aromatic carbocycles. The maximum Gasteiger partial charge on any atom is 0.254 e. The number of aliphatic hydroxyl groups is 1. The van der Waals surface area contributed by atoms with Crippen LogP contribution in [-0.2, 0) is 0 Å². The summed E-state index contributed by atoms with van der Waals surface area (Å²) >= 11 is 0. The second kappa shape index (κ2) is 6.61. The van der Waals surface area contributed by atoms with Gasteiger partial charge in [-0.1, -0.05) is 0 Å². The van der Waals surface area contributed by atoms with Gasteiger partial charge in [0.25, 0.3) is 5.91 Å². The van der Waals surface area contributed by atoms with Crippen LogP contribution in [0.15, 0.2) is 18.2 Å². The van der Waals surface area contributed by atoms with Gasteiger partial charge in [0.2, 0.25) is 0 Å². The summed E-state index contributed by atoms with van der Waals surface area (Å²) in [6, 6.07) is 5.36. The summed E-state index contributed by atoms with van der Waals surface area (Å²) in [7, 11) is 1.54. The molecular formula is C15H22N2O3. The van der Waals surface area contributed by atoms with Gasteiger partial charge in [-0.3, -0.25) is 4.79 Å². The van der Waals surface area contributed by atoms with Gasteiger partial charge in [0.15, 0.2) is 0 Å². The van der Waals surface area contributed by atoms with Crippen LogP contribution in [0.5, 0.6) is 5.75 Å². The number of methoxy groups -OCH3 is 1. The zero-order chi connectivity index (χ0) is 14.5. The van der Waals surface area contributed by atoms with Gasteiger partial charge < -0.3 is 20.5 Å². The van der Waals surface area contributed by atoms with Crippen molar-refractivity contribution in [2.45, 2.75) is 31.7 Å². The number of amides is 1. The Balaban J connectivity index is 2.13. The smallest absolute Gasteiger partial charge is 0.254 e. The normalized spacial score (nSPS) is 18.3. The molecule has 1 aromatic rings. The number of rotatable bonds is 5. The quantitative estimate of drug-likeness (QED) is 0.803. The highest BCUT2D eigenvalue weighted by Crippen LogP contribution is 2.27. The number of nitrogens with zero attached hydrogens (tertiary/aromatic N) is 1. The zero-order valence-electron chi connectivity index (χ0n) is 11.8. The lowest BCUT2D eigenvalue weighted by atomic mass is 10.1. The SMILES string of the molecule is COc1cc(C(=O)N2CCCC2CCCO)ccc1N. The number of aliphatic hydroxyl groups excluding tert-OH is 1. The Labute approximate surface area is 119 Å². The number of nitrogens with two attached hydrogens (primary N) is 1. The Morgan fingerprint density at radius 2 is 2.35 bits per heavy atom. The fourth-order valence-corrected chi connectivity index (χ4v) is 2.74. The maximum atomic E-state index is 12.6. The lowest BCUT2D eigenvalue weighted by Crippen LogP contribution is -2.35. The summed E-state index contributed by atoms with van der Waals surface area (Å²) in [5, 5.41) is 8.93.